The van der Waals surface area contributed by atoms with Gasteiger partial charge in [-0.15, -0.1) is 0 Å². The summed E-state index contributed by atoms with van der Waals surface area (Å²) in [5.74, 6) is 0.968. The molecule has 3 heteroatoms. The molecule has 0 radical (unpaired) electrons. The van der Waals surface area contributed by atoms with Gasteiger partial charge in [0.05, 0.1) is 5.60 Å². The van der Waals surface area contributed by atoms with Crippen LogP contribution in [0.4, 0.5) is 0 Å². The normalized spacial score (nSPS) is 28.5. The molecule has 126 valence electrons. The summed E-state index contributed by atoms with van der Waals surface area (Å²) in [5, 5.41) is 11.8. The number of hydrogen-bond donors (Lipinski definition) is 1. The molecular formula is C21H26N2O. The lowest BCUT2D eigenvalue weighted by atomic mass is 9.66. The second-order valence-electron chi connectivity index (χ2n) is 7.36. The molecule has 4 heterocycles. The van der Waals surface area contributed by atoms with Crippen LogP contribution < -0.4 is 0 Å². The Morgan fingerprint density at radius 2 is 1.79 bits per heavy atom. The quantitative estimate of drug-likeness (QED) is 0.918. The molecule has 3 aliphatic rings. The molecule has 0 amide bonds. The number of aliphatic hydroxyl groups is 1. The summed E-state index contributed by atoms with van der Waals surface area (Å²) in [7, 11) is 0. The fraction of sp³-hybridized carbons (Fsp3) is 0.476. The van der Waals surface area contributed by atoms with Crippen LogP contribution in [0.2, 0.25) is 0 Å². The van der Waals surface area contributed by atoms with Gasteiger partial charge in [0.15, 0.2) is 0 Å². The van der Waals surface area contributed by atoms with Gasteiger partial charge < -0.3 is 10.0 Å². The van der Waals surface area contributed by atoms with Crippen molar-refractivity contribution >= 4 is 0 Å². The van der Waals surface area contributed by atoms with E-state index in [1.54, 1.807) is 0 Å². The predicted octanol–water partition coefficient (Wildman–Crippen LogP) is 3.24. The summed E-state index contributed by atoms with van der Waals surface area (Å²) >= 11 is 0. The highest BCUT2D eigenvalue weighted by atomic mass is 16.3. The van der Waals surface area contributed by atoms with Crippen LogP contribution in [-0.4, -0.2) is 34.6 Å². The summed E-state index contributed by atoms with van der Waals surface area (Å²) in [6.07, 6.45) is 5.84. The largest absolute Gasteiger partial charge is 0.385 e. The SMILES string of the molecule is OC(CCc1ccccn1)(c1ccccc1)C1CN2CCC1CC2. The number of hydrogen-bond acceptors (Lipinski definition) is 3. The zero-order valence-electron chi connectivity index (χ0n) is 14.1. The van der Waals surface area contributed by atoms with Crippen molar-refractivity contribution in [2.24, 2.45) is 11.8 Å². The van der Waals surface area contributed by atoms with Gasteiger partial charge in [-0.05, 0) is 62.4 Å². The molecule has 0 aliphatic carbocycles. The Balaban J connectivity index is 1.62. The van der Waals surface area contributed by atoms with E-state index in [0.29, 0.717) is 11.8 Å². The predicted molar refractivity (Wildman–Crippen MR) is 95.6 cm³/mol. The van der Waals surface area contributed by atoms with Crippen LogP contribution in [0.3, 0.4) is 0 Å². The molecule has 2 aromatic rings. The minimum atomic E-state index is -0.761. The maximum Gasteiger partial charge on any atom is 0.0943 e. The van der Waals surface area contributed by atoms with Gasteiger partial charge in [0, 0.05) is 24.4 Å². The third-order valence-electron chi connectivity index (χ3n) is 6.03. The van der Waals surface area contributed by atoms with Gasteiger partial charge in [-0.2, -0.15) is 0 Å². The summed E-state index contributed by atoms with van der Waals surface area (Å²) in [6, 6.07) is 16.3. The summed E-state index contributed by atoms with van der Waals surface area (Å²) in [5.41, 5.74) is 1.37. The van der Waals surface area contributed by atoms with E-state index in [2.05, 4.69) is 28.1 Å². The molecule has 3 saturated heterocycles. The average molecular weight is 322 g/mol. The lowest BCUT2D eigenvalue weighted by Gasteiger charge is -2.51. The first-order valence-electron chi connectivity index (χ1n) is 9.16. The van der Waals surface area contributed by atoms with Gasteiger partial charge in [-0.25, -0.2) is 0 Å². The van der Waals surface area contributed by atoms with Crippen LogP contribution in [0.1, 0.15) is 30.5 Å². The molecule has 2 atom stereocenters. The monoisotopic (exact) mass is 322 g/mol. The zero-order chi connectivity index (χ0) is 16.4. The van der Waals surface area contributed by atoms with Gasteiger partial charge in [0.1, 0.15) is 0 Å². The van der Waals surface area contributed by atoms with Crippen molar-refractivity contribution < 1.29 is 5.11 Å². The first-order chi connectivity index (χ1) is 11.8. The van der Waals surface area contributed by atoms with Gasteiger partial charge >= 0.3 is 0 Å². The highest BCUT2D eigenvalue weighted by molar-refractivity contribution is 5.25. The lowest BCUT2D eigenvalue weighted by Crippen LogP contribution is -2.55. The van der Waals surface area contributed by atoms with E-state index in [1.807, 2.05) is 36.5 Å². The molecule has 5 rings (SSSR count). The number of fused-ring (bicyclic) bond motifs is 3. The summed E-state index contributed by atoms with van der Waals surface area (Å²) in [6.45, 7) is 3.43. The van der Waals surface area contributed by atoms with E-state index < -0.39 is 5.60 Å². The van der Waals surface area contributed by atoms with Crippen molar-refractivity contribution in [1.29, 1.82) is 0 Å². The highest BCUT2D eigenvalue weighted by Gasteiger charge is 2.47. The number of piperidine rings is 3. The van der Waals surface area contributed by atoms with E-state index in [1.165, 1.54) is 25.9 Å². The number of aryl methyl sites for hydroxylation is 1. The van der Waals surface area contributed by atoms with Crippen LogP contribution in [0.15, 0.2) is 54.7 Å². The molecule has 2 bridgehead atoms. The maximum absolute atomic E-state index is 11.8. The van der Waals surface area contributed by atoms with Crippen LogP contribution in [0.5, 0.6) is 0 Å². The van der Waals surface area contributed by atoms with E-state index in [-0.39, 0.29) is 0 Å². The van der Waals surface area contributed by atoms with Gasteiger partial charge in [-0.1, -0.05) is 36.4 Å². The van der Waals surface area contributed by atoms with Crippen molar-refractivity contribution in [3.8, 4) is 0 Å². The minimum Gasteiger partial charge on any atom is -0.385 e. The third kappa shape index (κ3) is 2.99. The molecule has 2 unspecified atom stereocenters. The smallest absolute Gasteiger partial charge is 0.0943 e. The Bertz CT molecular complexity index is 652. The molecule has 24 heavy (non-hydrogen) atoms. The fourth-order valence-electron chi connectivity index (χ4n) is 4.64. The Morgan fingerprint density at radius 3 is 2.42 bits per heavy atom. The molecule has 3 aliphatic heterocycles. The van der Waals surface area contributed by atoms with Crippen molar-refractivity contribution in [1.82, 2.24) is 9.88 Å². The first-order valence-corrected chi connectivity index (χ1v) is 9.16. The third-order valence-corrected chi connectivity index (χ3v) is 6.03. The van der Waals surface area contributed by atoms with Crippen molar-refractivity contribution in [2.45, 2.75) is 31.3 Å². The second-order valence-corrected chi connectivity index (χ2v) is 7.36. The van der Waals surface area contributed by atoms with E-state index >= 15 is 0 Å². The maximum atomic E-state index is 11.8. The number of rotatable bonds is 5. The molecule has 3 fully saturated rings. The number of benzene rings is 1. The molecule has 1 aromatic carbocycles. The Kier molecular flexibility index (Phi) is 4.38. The summed E-state index contributed by atoms with van der Waals surface area (Å²) in [4.78, 5) is 6.97. The van der Waals surface area contributed by atoms with Crippen LogP contribution in [0.25, 0.3) is 0 Å². The van der Waals surface area contributed by atoms with Crippen molar-refractivity contribution in [2.75, 3.05) is 19.6 Å². The molecule has 0 spiro atoms. The number of aromatic nitrogens is 1. The minimum absolute atomic E-state index is 0.325. The van der Waals surface area contributed by atoms with Crippen molar-refractivity contribution in [3.05, 3.63) is 66.0 Å². The Hall–Kier alpha value is -1.71. The molecule has 3 nitrogen and oxygen atoms in total. The van der Waals surface area contributed by atoms with Gasteiger partial charge in [-0.3, -0.25) is 4.98 Å². The zero-order valence-corrected chi connectivity index (χ0v) is 14.1. The van der Waals surface area contributed by atoms with Gasteiger partial charge in [0.25, 0.3) is 0 Å². The molecule has 1 aromatic heterocycles. The molecular weight excluding hydrogens is 296 g/mol. The lowest BCUT2D eigenvalue weighted by molar-refractivity contribution is -0.106. The fourth-order valence-corrected chi connectivity index (χ4v) is 4.64. The standard InChI is InChI=1S/C21H26N2O/c24-21(18-6-2-1-3-7-18,12-9-19-8-4-5-13-22-19)20-16-23-14-10-17(20)11-15-23/h1-8,13,17,20,24H,9-12,14-16H2. The molecule has 0 saturated carbocycles. The molecule has 1 N–H and O–H groups in total. The van der Waals surface area contributed by atoms with Gasteiger partial charge in [0.2, 0.25) is 0 Å². The Labute approximate surface area is 144 Å². The van der Waals surface area contributed by atoms with Crippen molar-refractivity contribution in [3.63, 3.8) is 0 Å². The number of nitrogens with zero attached hydrogens (tertiary/aromatic N) is 2. The van der Waals surface area contributed by atoms with Crippen LogP contribution >= 0.6 is 0 Å². The average Bonchev–Trinajstić information content (AvgIpc) is 2.68. The highest BCUT2D eigenvalue weighted by Crippen LogP contribution is 2.45. The second kappa shape index (κ2) is 6.66. The summed E-state index contributed by atoms with van der Waals surface area (Å²) < 4.78 is 0. The topological polar surface area (TPSA) is 36.4 Å². The first kappa shape index (κ1) is 15.8. The Morgan fingerprint density at radius 1 is 1.04 bits per heavy atom. The number of pyridine rings is 1. The van der Waals surface area contributed by atoms with E-state index in [4.69, 9.17) is 0 Å². The van der Waals surface area contributed by atoms with E-state index in [9.17, 15) is 5.11 Å². The van der Waals surface area contributed by atoms with Crippen LogP contribution in [-0.2, 0) is 12.0 Å². The van der Waals surface area contributed by atoms with E-state index in [0.717, 1.165) is 30.6 Å². The van der Waals surface area contributed by atoms with Crippen LogP contribution in [0, 0.1) is 11.8 Å².